The number of carboxylic acids is 1. The molecule has 0 spiro atoms. The van der Waals surface area contributed by atoms with Crippen LogP contribution in [-0.2, 0) is 4.79 Å². The topological polar surface area (TPSA) is 60.4 Å². The number of hydrogen-bond acceptors (Lipinski definition) is 3. The molecule has 1 N–H and O–H groups in total. The average Bonchev–Trinajstić information content (AvgIpc) is 2.39. The summed E-state index contributed by atoms with van der Waals surface area (Å²) in [5, 5.41) is 19.3. The number of hydrogen-bond donors (Lipinski definition) is 1. The van der Waals surface area contributed by atoms with Crippen molar-refractivity contribution in [2.75, 3.05) is 0 Å². The maximum absolute atomic E-state index is 10.3. The molecule has 0 saturated carbocycles. The van der Waals surface area contributed by atoms with Gasteiger partial charge in [-0.25, -0.2) is 0 Å². The van der Waals surface area contributed by atoms with Crippen molar-refractivity contribution in [1.82, 2.24) is 0 Å². The Hall–Kier alpha value is 1.07. The van der Waals surface area contributed by atoms with E-state index in [4.69, 9.17) is 5.11 Å². The summed E-state index contributed by atoms with van der Waals surface area (Å²) >= 11 is 0. The summed E-state index contributed by atoms with van der Waals surface area (Å²) in [6, 6.07) is 0. The number of rotatable bonds is 14. The van der Waals surface area contributed by atoms with E-state index in [1.165, 1.54) is 57.8 Å². The van der Waals surface area contributed by atoms with E-state index in [9.17, 15) is 9.90 Å². The van der Waals surface area contributed by atoms with Crippen LogP contribution in [0.3, 0.4) is 0 Å². The van der Waals surface area contributed by atoms with E-state index in [0.717, 1.165) is 19.3 Å². The quantitative estimate of drug-likeness (QED) is 0.368. The summed E-state index contributed by atoms with van der Waals surface area (Å²) in [5.41, 5.74) is 0. The first-order valence-electron chi connectivity index (χ1n) is 8.07. The van der Waals surface area contributed by atoms with Crippen LogP contribution in [0.5, 0.6) is 0 Å². The van der Waals surface area contributed by atoms with Crippen LogP contribution in [0.4, 0.5) is 0 Å². The Morgan fingerprint density at radius 1 is 0.850 bits per heavy atom. The van der Waals surface area contributed by atoms with Gasteiger partial charge in [-0.15, -0.1) is 0 Å². The van der Waals surface area contributed by atoms with Gasteiger partial charge in [0.15, 0.2) is 0 Å². The predicted molar refractivity (Wildman–Crippen MR) is 76.7 cm³/mol. The van der Waals surface area contributed by atoms with Crippen molar-refractivity contribution in [2.24, 2.45) is 0 Å². The summed E-state index contributed by atoms with van der Waals surface area (Å²) in [5.74, 6) is -1.34. The smallest absolute Gasteiger partial charge is 0.547 e. The largest absolute Gasteiger partial charge is 1.00 e. The first-order valence-corrected chi connectivity index (χ1v) is 8.07. The molecule has 20 heavy (non-hydrogen) atoms. The molecule has 4 heteroatoms. The molecule has 0 aromatic heterocycles. The molecule has 0 heterocycles. The molecule has 1 unspecified atom stereocenters. The number of aliphatic carboxylic acids is 1. The Morgan fingerprint density at radius 2 is 1.20 bits per heavy atom. The fourth-order valence-corrected chi connectivity index (χ4v) is 2.30. The van der Waals surface area contributed by atoms with Gasteiger partial charge < -0.3 is 15.0 Å². The standard InChI is InChI=1S/C16H32O3.K/c1-2-3-4-5-6-7-8-9-10-11-12-13-14-15(17)16(18)19;/h15,17H,2-14H2,1H3,(H,18,19);/q;+1/p-1. The van der Waals surface area contributed by atoms with Gasteiger partial charge in [-0.05, 0) is 6.42 Å². The second-order valence-electron chi connectivity index (χ2n) is 5.51. The average molecular weight is 311 g/mol. The van der Waals surface area contributed by atoms with Crippen molar-refractivity contribution in [3.63, 3.8) is 0 Å². The van der Waals surface area contributed by atoms with E-state index < -0.39 is 12.1 Å². The van der Waals surface area contributed by atoms with Crippen LogP contribution in [0, 0.1) is 0 Å². The maximum atomic E-state index is 10.3. The Morgan fingerprint density at radius 3 is 1.55 bits per heavy atom. The number of aliphatic hydroxyl groups excluding tert-OH is 1. The monoisotopic (exact) mass is 310 g/mol. The maximum Gasteiger partial charge on any atom is 1.00 e. The third-order valence-corrected chi connectivity index (χ3v) is 3.60. The van der Waals surface area contributed by atoms with Crippen LogP contribution in [0.2, 0.25) is 0 Å². The second kappa shape index (κ2) is 18.1. The molecule has 0 aromatic carbocycles. The van der Waals surface area contributed by atoms with E-state index in [-0.39, 0.29) is 51.4 Å². The van der Waals surface area contributed by atoms with Crippen LogP contribution < -0.4 is 56.5 Å². The molecule has 0 bridgehead atoms. The molecular formula is C16H31KO3. The summed E-state index contributed by atoms with van der Waals surface area (Å²) in [7, 11) is 0. The molecular weight excluding hydrogens is 279 g/mol. The number of carbonyl (C=O) groups excluding carboxylic acids is 1. The molecule has 0 fully saturated rings. The molecule has 0 amide bonds. The number of carboxylic acid groups (broad SMARTS) is 1. The molecule has 0 aliphatic rings. The first-order chi connectivity index (χ1) is 9.18. The normalized spacial score (nSPS) is 11.9. The third kappa shape index (κ3) is 17.1. The zero-order valence-electron chi connectivity index (χ0n) is 13.5. The molecule has 0 aromatic rings. The number of aliphatic hydroxyl groups is 1. The second-order valence-corrected chi connectivity index (χ2v) is 5.51. The van der Waals surface area contributed by atoms with Crippen LogP contribution in [0.15, 0.2) is 0 Å². The molecule has 0 aliphatic heterocycles. The van der Waals surface area contributed by atoms with E-state index in [1.807, 2.05) is 0 Å². The summed E-state index contributed by atoms with van der Waals surface area (Å²) < 4.78 is 0. The van der Waals surface area contributed by atoms with Gasteiger partial charge in [-0.3, -0.25) is 0 Å². The minimum Gasteiger partial charge on any atom is -0.547 e. The summed E-state index contributed by atoms with van der Waals surface area (Å²) in [6.45, 7) is 2.24. The van der Waals surface area contributed by atoms with Crippen LogP contribution in [0.25, 0.3) is 0 Å². The van der Waals surface area contributed by atoms with Gasteiger partial charge in [0.05, 0.1) is 12.1 Å². The Kier molecular flexibility index (Phi) is 21.1. The van der Waals surface area contributed by atoms with Crippen molar-refractivity contribution < 1.29 is 66.4 Å². The molecule has 0 aliphatic carbocycles. The summed E-state index contributed by atoms with van der Waals surface area (Å²) in [6.07, 6.45) is 14.0. The third-order valence-electron chi connectivity index (χ3n) is 3.60. The molecule has 1 atom stereocenters. The fraction of sp³-hybridized carbons (Fsp3) is 0.938. The minimum absolute atomic E-state index is 0. The van der Waals surface area contributed by atoms with Gasteiger partial charge in [-0.2, -0.15) is 0 Å². The number of unbranched alkanes of at least 4 members (excludes halogenated alkanes) is 11. The van der Waals surface area contributed by atoms with E-state index in [2.05, 4.69) is 6.92 Å². The van der Waals surface area contributed by atoms with Crippen LogP contribution in [-0.4, -0.2) is 17.2 Å². The molecule has 0 radical (unpaired) electrons. The van der Waals surface area contributed by atoms with Crippen molar-refractivity contribution in [1.29, 1.82) is 0 Å². The van der Waals surface area contributed by atoms with Gasteiger partial charge >= 0.3 is 51.4 Å². The van der Waals surface area contributed by atoms with Crippen LogP contribution in [0.1, 0.15) is 90.4 Å². The Bertz CT molecular complexity index is 210. The number of carbonyl (C=O) groups is 1. The van der Waals surface area contributed by atoms with Crippen molar-refractivity contribution in [2.45, 2.75) is 96.5 Å². The van der Waals surface area contributed by atoms with E-state index in [1.54, 1.807) is 0 Å². The molecule has 3 nitrogen and oxygen atoms in total. The van der Waals surface area contributed by atoms with E-state index in [0.29, 0.717) is 6.42 Å². The van der Waals surface area contributed by atoms with E-state index >= 15 is 0 Å². The summed E-state index contributed by atoms with van der Waals surface area (Å²) in [4.78, 5) is 10.3. The molecule has 0 saturated heterocycles. The molecule has 0 rings (SSSR count). The van der Waals surface area contributed by atoms with Gasteiger partial charge in [0.1, 0.15) is 0 Å². The zero-order valence-corrected chi connectivity index (χ0v) is 16.7. The van der Waals surface area contributed by atoms with Crippen molar-refractivity contribution in [3.8, 4) is 0 Å². The fourth-order valence-electron chi connectivity index (χ4n) is 2.30. The van der Waals surface area contributed by atoms with Crippen molar-refractivity contribution in [3.05, 3.63) is 0 Å². The van der Waals surface area contributed by atoms with Crippen molar-refractivity contribution >= 4 is 5.97 Å². The Balaban J connectivity index is 0. The van der Waals surface area contributed by atoms with Gasteiger partial charge in [0, 0.05) is 0 Å². The SMILES string of the molecule is CCCCCCCCCCCCCCC(O)C(=O)[O-].[K+]. The Labute approximate surface area is 167 Å². The predicted octanol–water partition coefficient (Wildman–Crippen LogP) is 0.192. The zero-order chi connectivity index (χ0) is 14.3. The minimum atomic E-state index is -1.34. The van der Waals surface area contributed by atoms with Gasteiger partial charge in [0.2, 0.25) is 0 Å². The molecule has 114 valence electrons. The first kappa shape index (κ1) is 23.3. The van der Waals surface area contributed by atoms with Crippen LogP contribution >= 0.6 is 0 Å². The van der Waals surface area contributed by atoms with Gasteiger partial charge in [-0.1, -0.05) is 84.0 Å². The van der Waals surface area contributed by atoms with Gasteiger partial charge in [0.25, 0.3) is 0 Å².